The second-order valence-electron chi connectivity index (χ2n) is 8.27. The standard InChI is InChI=1S/C25H31NO6/c1-6-30-19-10-9-17(14-18(19)15(2)3)23(27)21-22(20-8-7-12-32-20)26(25(29)24(21)28)11-13-31-16(4)5/h7-10,12,14-16,22,27H,6,11,13H2,1-5H3/b23-21-. The number of carbonyl (C=O) groups excluding carboxylic acids is 2. The fraction of sp³-hybridized carbons (Fsp3) is 0.440. The number of likely N-dealkylation sites (tertiary alicyclic amines) is 1. The van der Waals surface area contributed by atoms with Crippen molar-refractivity contribution < 1.29 is 28.6 Å². The van der Waals surface area contributed by atoms with Crippen molar-refractivity contribution in [2.45, 2.75) is 52.7 Å². The predicted molar refractivity (Wildman–Crippen MR) is 121 cm³/mol. The van der Waals surface area contributed by atoms with Crippen molar-refractivity contribution in [2.75, 3.05) is 19.8 Å². The zero-order chi connectivity index (χ0) is 23.4. The van der Waals surface area contributed by atoms with Crippen LogP contribution in [0.15, 0.2) is 46.6 Å². The molecule has 1 aliphatic rings. The van der Waals surface area contributed by atoms with E-state index in [1.54, 1.807) is 30.3 Å². The van der Waals surface area contributed by atoms with Crippen molar-refractivity contribution in [2.24, 2.45) is 0 Å². The Labute approximate surface area is 188 Å². The van der Waals surface area contributed by atoms with E-state index in [4.69, 9.17) is 13.9 Å². The SMILES string of the molecule is CCOc1ccc(/C(O)=C2/C(=O)C(=O)N(CCOC(C)C)C2c2ccco2)cc1C(C)C. The molecular formula is C25H31NO6. The monoisotopic (exact) mass is 441 g/mol. The van der Waals surface area contributed by atoms with Crippen LogP contribution in [0.1, 0.15) is 63.5 Å². The summed E-state index contributed by atoms with van der Waals surface area (Å²) in [5, 5.41) is 11.2. The average molecular weight is 442 g/mol. The molecule has 3 rings (SSSR count). The summed E-state index contributed by atoms with van der Waals surface area (Å²) in [7, 11) is 0. The predicted octanol–water partition coefficient (Wildman–Crippen LogP) is 4.65. The molecule has 0 spiro atoms. The summed E-state index contributed by atoms with van der Waals surface area (Å²) in [6, 6.07) is 7.84. The van der Waals surface area contributed by atoms with Crippen molar-refractivity contribution in [3.05, 3.63) is 59.1 Å². The maximum absolute atomic E-state index is 13.0. The molecule has 172 valence electrons. The Kier molecular flexibility index (Phi) is 7.40. The largest absolute Gasteiger partial charge is 0.507 e. The Bertz CT molecular complexity index is 990. The molecular weight excluding hydrogens is 410 g/mol. The summed E-state index contributed by atoms with van der Waals surface area (Å²) in [5.41, 5.74) is 1.36. The van der Waals surface area contributed by atoms with Gasteiger partial charge in [-0.1, -0.05) is 13.8 Å². The molecule has 32 heavy (non-hydrogen) atoms. The number of ketones is 1. The van der Waals surface area contributed by atoms with Crippen LogP contribution in [-0.2, 0) is 14.3 Å². The highest BCUT2D eigenvalue weighted by Gasteiger charge is 2.47. The zero-order valence-electron chi connectivity index (χ0n) is 19.3. The lowest BCUT2D eigenvalue weighted by molar-refractivity contribution is -0.140. The smallest absolute Gasteiger partial charge is 0.295 e. The Balaban J connectivity index is 2.07. The fourth-order valence-electron chi connectivity index (χ4n) is 3.83. The van der Waals surface area contributed by atoms with Gasteiger partial charge in [0.2, 0.25) is 0 Å². The number of amides is 1. The molecule has 1 aromatic heterocycles. The summed E-state index contributed by atoms with van der Waals surface area (Å²) in [6.45, 7) is 10.7. The molecule has 2 heterocycles. The number of nitrogens with zero attached hydrogens (tertiary/aromatic N) is 1. The van der Waals surface area contributed by atoms with Gasteiger partial charge in [-0.15, -0.1) is 0 Å². The van der Waals surface area contributed by atoms with Crippen molar-refractivity contribution in [1.29, 1.82) is 0 Å². The van der Waals surface area contributed by atoms with Crippen LogP contribution in [0.3, 0.4) is 0 Å². The van der Waals surface area contributed by atoms with Crippen molar-refractivity contribution in [3.63, 3.8) is 0 Å². The first kappa shape index (κ1) is 23.6. The number of hydrogen-bond donors (Lipinski definition) is 1. The van der Waals surface area contributed by atoms with Gasteiger partial charge in [0.1, 0.15) is 23.3 Å². The highest BCUT2D eigenvalue weighted by atomic mass is 16.5. The van der Waals surface area contributed by atoms with E-state index in [0.717, 1.165) is 11.3 Å². The van der Waals surface area contributed by atoms with Crippen LogP contribution in [0.4, 0.5) is 0 Å². The van der Waals surface area contributed by atoms with Crippen LogP contribution in [0.2, 0.25) is 0 Å². The van der Waals surface area contributed by atoms with E-state index in [9.17, 15) is 14.7 Å². The van der Waals surface area contributed by atoms with E-state index in [0.29, 0.717) is 17.9 Å². The van der Waals surface area contributed by atoms with Crippen LogP contribution in [0, 0.1) is 0 Å². The Morgan fingerprint density at radius 1 is 1.19 bits per heavy atom. The summed E-state index contributed by atoms with van der Waals surface area (Å²) in [5.74, 6) is -0.385. The molecule has 1 amide bonds. The lowest BCUT2D eigenvalue weighted by atomic mass is 9.95. The second kappa shape index (κ2) is 10.0. The number of ether oxygens (including phenoxy) is 2. The number of hydrogen-bond acceptors (Lipinski definition) is 6. The van der Waals surface area contributed by atoms with E-state index >= 15 is 0 Å². The third-order valence-electron chi connectivity index (χ3n) is 5.34. The summed E-state index contributed by atoms with van der Waals surface area (Å²) in [6.07, 6.45) is 1.47. The van der Waals surface area contributed by atoms with E-state index < -0.39 is 17.7 Å². The molecule has 1 fully saturated rings. The van der Waals surface area contributed by atoms with Gasteiger partial charge in [-0.25, -0.2) is 0 Å². The van der Waals surface area contributed by atoms with Crippen LogP contribution in [-0.4, -0.2) is 47.6 Å². The molecule has 7 nitrogen and oxygen atoms in total. The third kappa shape index (κ3) is 4.72. The van der Waals surface area contributed by atoms with Crippen LogP contribution < -0.4 is 4.74 Å². The molecule has 0 bridgehead atoms. The first-order valence-electron chi connectivity index (χ1n) is 11.0. The van der Waals surface area contributed by atoms with E-state index in [1.807, 2.05) is 34.6 Å². The van der Waals surface area contributed by atoms with E-state index in [-0.39, 0.29) is 36.5 Å². The maximum atomic E-state index is 13.0. The lowest BCUT2D eigenvalue weighted by Crippen LogP contribution is -2.33. The Morgan fingerprint density at radius 3 is 2.53 bits per heavy atom. The highest BCUT2D eigenvalue weighted by Crippen LogP contribution is 2.40. The topological polar surface area (TPSA) is 89.2 Å². The third-order valence-corrected chi connectivity index (χ3v) is 5.34. The van der Waals surface area contributed by atoms with Gasteiger partial charge in [-0.2, -0.15) is 0 Å². The quantitative estimate of drug-likeness (QED) is 0.346. The van der Waals surface area contributed by atoms with Crippen molar-refractivity contribution in [1.82, 2.24) is 4.90 Å². The minimum Gasteiger partial charge on any atom is -0.507 e. The van der Waals surface area contributed by atoms with Crippen LogP contribution in [0.5, 0.6) is 5.75 Å². The molecule has 1 saturated heterocycles. The first-order valence-corrected chi connectivity index (χ1v) is 11.0. The number of aliphatic hydroxyl groups is 1. The number of carbonyl (C=O) groups is 2. The molecule has 1 unspecified atom stereocenters. The van der Waals surface area contributed by atoms with Crippen molar-refractivity contribution in [3.8, 4) is 5.75 Å². The number of furan rings is 1. The first-order chi connectivity index (χ1) is 15.3. The second-order valence-corrected chi connectivity index (χ2v) is 8.27. The summed E-state index contributed by atoms with van der Waals surface area (Å²) in [4.78, 5) is 27.3. The molecule has 1 aliphatic heterocycles. The van der Waals surface area contributed by atoms with Gasteiger partial charge < -0.3 is 23.9 Å². The number of Topliss-reactive ketones (excluding diaryl/α,β-unsaturated/α-hetero) is 1. The molecule has 1 aromatic carbocycles. The number of rotatable bonds is 9. The summed E-state index contributed by atoms with van der Waals surface area (Å²) >= 11 is 0. The minimum absolute atomic E-state index is 0.00723. The number of benzene rings is 1. The summed E-state index contributed by atoms with van der Waals surface area (Å²) < 4.78 is 16.8. The Morgan fingerprint density at radius 2 is 1.94 bits per heavy atom. The average Bonchev–Trinajstić information content (AvgIpc) is 3.36. The van der Waals surface area contributed by atoms with Gasteiger partial charge in [0, 0.05) is 12.1 Å². The molecule has 0 aliphatic carbocycles. The minimum atomic E-state index is -0.824. The molecule has 0 saturated carbocycles. The molecule has 7 heteroatoms. The van der Waals surface area contributed by atoms with Gasteiger partial charge in [-0.3, -0.25) is 9.59 Å². The van der Waals surface area contributed by atoms with Gasteiger partial charge >= 0.3 is 0 Å². The van der Waals surface area contributed by atoms with Crippen LogP contribution >= 0.6 is 0 Å². The van der Waals surface area contributed by atoms with Crippen LogP contribution in [0.25, 0.3) is 5.76 Å². The van der Waals surface area contributed by atoms with Gasteiger partial charge in [0.15, 0.2) is 0 Å². The molecule has 2 aromatic rings. The lowest BCUT2D eigenvalue weighted by Gasteiger charge is -2.23. The maximum Gasteiger partial charge on any atom is 0.295 e. The van der Waals surface area contributed by atoms with Crippen molar-refractivity contribution >= 4 is 17.4 Å². The van der Waals surface area contributed by atoms with Gasteiger partial charge in [0.25, 0.3) is 11.7 Å². The fourth-order valence-corrected chi connectivity index (χ4v) is 3.83. The van der Waals surface area contributed by atoms with E-state index in [2.05, 4.69) is 0 Å². The van der Waals surface area contributed by atoms with Gasteiger partial charge in [-0.05, 0) is 62.6 Å². The normalized spacial score (nSPS) is 18.2. The van der Waals surface area contributed by atoms with E-state index in [1.165, 1.54) is 11.2 Å². The Hall–Kier alpha value is -3.06. The molecule has 0 radical (unpaired) electrons. The number of aliphatic hydroxyl groups excluding tert-OH is 1. The molecule has 1 atom stereocenters. The van der Waals surface area contributed by atoms with Gasteiger partial charge in [0.05, 0.1) is 31.2 Å². The molecule has 1 N–H and O–H groups in total. The highest BCUT2D eigenvalue weighted by molar-refractivity contribution is 6.46. The zero-order valence-corrected chi connectivity index (χ0v) is 19.3.